The zero-order chi connectivity index (χ0) is 22.3. The number of aromatic nitrogens is 3. The molecule has 31 heavy (non-hydrogen) atoms. The maximum Gasteiger partial charge on any atom is 0.293 e. The quantitative estimate of drug-likeness (QED) is 0.487. The molecule has 7 heteroatoms. The van der Waals surface area contributed by atoms with Gasteiger partial charge in [0.15, 0.2) is 0 Å². The number of carbonyl (C=O) groups excluding carboxylic acids is 1. The van der Waals surface area contributed by atoms with Crippen molar-refractivity contribution in [2.24, 2.45) is 0 Å². The van der Waals surface area contributed by atoms with Gasteiger partial charge in [-0.1, -0.05) is 12.1 Å². The lowest BCUT2D eigenvalue weighted by atomic mass is 10.0. The van der Waals surface area contributed by atoms with Crippen molar-refractivity contribution in [3.8, 4) is 22.4 Å². The summed E-state index contributed by atoms with van der Waals surface area (Å²) in [5.74, 6) is 0. The molecule has 1 aromatic carbocycles. The minimum absolute atomic E-state index is 0.318. The number of ether oxygens (including phenoxy) is 1. The second kappa shape index (κ2) is 10.2. The fraction of sp³-hybridized carbons (Fsp3) is 0.375. The molecule has 0 spiro atoms. The normalized spacial score (nSPS) is 14.4. The SMILES string of the molecule is CC(C)(C)OC=O.Nc1cccc(-c2nn(C3CCNCC3)cc2-c2ccncc2)c1. The van der Waals surface area contributed by atoms with Gasteiger partial charge in [0.1, 0.15) is 11.3 Å². The van der Waals surface area contributed by atoms with Crippen molar-refractivity contribution < 1.29 is 9.53 Å². The van der Waals surface area contributed by atoms with Gasteiger partial charge in [-0.15, -0.1) is 0 Å². The molecular formula is C24H31N5O2. The van der Waals surface area contributed by atoms with Crippen molar-refractivity contribution in [1.82, 2.24) is 20.1 Å². The largest absolute Gasteiger partial charge is 0.462 e. The number of carbonyl (C=O) groups is 1. The summed E-state index contributed by atoms with van der Waals surface area (Å²) >= 11 is 0. The van der Waals surface area contributed by atoms with Crippen molar-refractivity contribution in [2.45, 2.75) is 45.3 Å². The standard InChI is InChI=1S/C19H21N5.C5H10O2/c20-16-3-1-2-15(12-16)19-18(14-4-8-21-9-5-14)13-24(23-19)17-6-10-22-11-7-17;1-5(2,3)7-4-6/h1-5,8-9,12-13,17,22H,6-7,10-11,20H2;4H,1-3H3. The molecule has 0 aliphatic carbocycles. The van der Waals surface area contributed by atoms with E-state index in [4.69, 9.17) is 10.8 Å². The van der Waals surface area contributed by atoms with Crippen molar-refractivity contribution in [3.63, 3.8) is 0 Å². The van der Waals surface area contributed by atoms with Crippen molar-refractivity contribution in [1.29, 1.82) is 0 Å². The summed E-state index contributed by atoms with van der Waals surface area (Å²) in [5, 5.41) is 8.35. The minimum atomic E-state index is -0.318. The summed E-state index contributed by atoms with van der Waals surface area (Å²) in [6.07, 6.45) is 8.02. The van der Waals surface area contributed by atoms with Crippen LogP contribution in [0, 0.1) is 0 Å². The molecule has 0 radical (unpaired) electrons. The van der Waals surface area contributed by atoms with E-state index in [0.717, 1.165) is 54.0 Å². The van der Waals surface area contributed by atoms with Gasteiger partial charge in [-0.25, -0.2) is 0 Å². The summed E-state index contributed by atoms with van der Waals surface area (Å²) in [6.45, 7) is 8.01. The smallest absolute Gasteiger partial charge is 0.293 e. The molecule has 1 saturated heterocycles. The zero-order valence-corrected chi connectivity index (χ0v) is 18.4. The van der Waals surface area contributed by atoms with E-state index in [1.165, 1.54) is 0 Å². The molecule has 0 bridgehead atoms. The molecular weight excluding hydrogens is 390 g/mol. The van der Waals surface area contributed by atoms with Crippen molar-refractivity contribution in [3.05, 3.63) is 55.0 Å². The summed E-state index contributed by atoms with van der Waals surface area (Å²) in [7, 11) is 0. The monoisotopic (exact) mass is 421 g/mol. The van der Waals surface area contributed by atoms with Crippen LogP contribution in [-0.4, -0.2) is 39.9 Å². The Morgan fingerprint density at radius 3 is 2.42 bits per heavy atom. The van der Waals surface area contributed by atoms with Crippen LogP contribution in [0.1, 0.15) is 39.7 Å². The minimum Gasteiger partial charge on any atom is -0.462 e. The lowest BCUT2D eigenvalue weighted by molar-refractivity contribution is -0.138. The average molecular weight is 422 g/mol. The number of benzene rings is 1. The highest BCUT2D eigenvalue weighted by molar-refractivity contribution is 5.81. The van der Waals surface area contributed by atoms with Crippen LogP contribution in [0.4, 0.5) is 5.69 Å². The highest BCUT2D eigenvalue weighted by Gasteiger charge is 2.20. The van der Waals surface area contributed by atoms with Gasteiger partial charge in [0.25, 0.3) is 6.47 Å². The van der Waals surface area contributed by atoms with E-state index in [9.17, 15) is 4.79 Å². The Hall–Kier alpha value is -3.19. The van der Waals surface area contributed by atoms with Crippen LogP contribution in [0.5, 0.6) is 0 Å². The summed E-state index contributed by atoms with van der Waals surface area (Å²) in [5.41, 5.74) is 10.7. The van der Waals surface area contributed by atoms with Crippen molar-refractivity contribution >= 4 is 12.2 Å². The fourth-order valence-corrected chi connectivity index (χ4v) is 3.44. The molecule has 2 aromatic heterocycles. The summed E-state index contributed by atoms with van der Waals surface area (Å²) in [4.78, 5) is 13.7. The van der Waals surface area contributed by atoms with E-state index < -0.39 is 0 Å². The lowest BCUT2D eigenvalue weighted by Crippen LogP contribution is -2.29. The highest BCUT2D eigenvalue weighted by atomic mass is 16.5. The Morgan fingerprint density at radius 2 is 1.84 bits per heavy atom. The van der Waals surface area contributed by atoms with Gasteiger partial charge >= 0.3 is 0 Å². The van der Waals surface area contributed by atoms with Crippen LogP contribution < -0.4 is 11.1 Å². The molecule has 0 saturated carbocycles. The maximum absolute atomic E-state index is 9.60. The van der Waals surface area contributed by atoms with E-state index in [1.807, 2.05) is 63.5 Å². The molecule has 1 aliphatic rings. The third-order valence-electron chi connectivity index (χ3n) is 4.97. The van der Waals surface area contributed by atoms with Crippen LogP contribution in [0.15, 0.2) is 55.0 Å². The second-order valence-corrected chi connectivity index (χ2v) is 8.54. The first-order valence-corrected chi connectivity index (χ1v) is 10.5. The lowest BCUT2D eigenvalue weighted by Gasteiger charge is -2.22. The van der Waals surface area contributed by atoms with Crippen LogP contribution in [0.25, 0.3) is 22.4 Å². The van der Waals surface area contributed by atoms with Gasteiger partial charge < -0.3 is 15.8 Å². The van der Waals surface area contributed by atoms with E-state index in [-0.39, 0.29) is 5.60 Å². The molecule has 0 amide bonds. The topological polar surface area (TPSA) is 95.1 Å². The number of nitrogen functional groups attached to an aromatic ring is 1. The molecule has 3 aromatic rings. The number of anilines is 1. The third-order valence-corrected chi connectivity index (χ3v) is 4.97. The van der Waals surface area contributed by atoms with Crippen LogP contribution in [0.3, 0.4) is 0 Å². The molecule has 7 nitrogen and oxygen atoms in total. The van der Waals surface area contributed by atoms with Gasteiger partial charge in [-0.2, -0.15) is 5.10 Å². The van der Waals surface area contributed by atoms with E-state index in [1.54, 1.807) is 0 Å². The second-order valence-electron chi connectivity index (χ2n) is 8.54. The van der Waals surface area contributed by atoms with Crippen LogP contribution in [0.2, 0.25) is 0 Å². The first-order valence-electron chi connectivity index (χ1n) is 10.5. The van der Waals surface area contributed by atoms with Gasteiger partial charge in [0.05, 0.1) is 6.04 Å². The van der Waals surface area contributed by atoms with Gasteiger partial charge in [0, 0.05) is 35.4 Å². The summed E-state index contributed by atoms with van der Waals surface area (Å²) in [6, 6.07) is 12.4. The Balaban J connectivity index is 0.000000339. The number of piperidine rings is 1. The summed E-state index contributed by atoms with van der Waals surface area (Å²) < 4.78 is 6.68. The van der Waals surface area contributed by atoms with Crippen LogP contribution in [-0.2, 0) is 9.53 Å². The Morgan fingerprint density at radius 1 is 1.13 bits per heavy atom. The van der Waals surface area contributed by atoms with E-state index in [2.05, 4.69) is 32.0 Å². The molecule has 0 unspecified atom stereocenters. The zero-order valence-electron chi connectivity index (χ0n) is 18.4. The average Bonchev–Trinajstić information content (AvgIpc) is 3.20. The number of nitrogens with zero attached hydrogens (tertiary/aromatic N) is 3. The molecule has 0 atom stereocenters. The fourth-order valence-electron chi connectivity index (χ4n) is 3.44. The van der Waals surface area contributed by atoms with Gasteiger partial charge in [-0.05, 0) is 76.5 Å². The van der Waals surface area contributed by atoms with Gasteiger partial charge in [-0.3, -0.25) is 14.5 Å². The Kier molecular flexibility index (Phi) is 7.41. The van der Waals surface area contributed by atoms with Crippen molar-refractivity contribution in [2.75, 3.05) is 18.8 Å². The number of hydrogen-bond donors (Lipinski definition) is 2. The molecule has 164 valence electrons. The predicted molar refractivity (Wildman–Crippen MR) is 123 cm³/mol. The van der Waals surface area contributed by atoms with Crippen LogP contribution >= 0.6 is 0 Å². The Bertz CT molecular complexity index is 973. The number of pyridine rings is 1. The van der Waals surface area contributed by atoms with E-state index in [0.29, 0.717) is 12.5 Å². The van der Waals surface area contributed by atoms with E-state index >= 15 is 0 Å². The maximum atomic E-state index is 9.60. The molecule has 3 heterocycles. The molecule has 4 rings (SSSR count). The third kappa shape index (κ3) is 6.39. The number of nitrogens with one attached hydrogen (secondary N) is 1. The highest BCUT2D eigenvalue weighted by Crippen LogP contribution is 2.33. The molecule has 1 aliphatic heterocycles. The molecule has 3 N–H and O–H groups in total. The number of rotatable bonds is 4. The van der Waals surface area contributed by atoms with Gasteiger partial charge in [0.2, 0.25) is 0 Å². The predicted octanol–water partition coefficient (Wildman–Crippen LogP) is 4.08. The number of nitrogens with two attached hydrogens (primary N) is 1. The Labute approximate surface area is 183 Å². The number of hydrogen-bond acceptors (Lipinski definition) is 6. The first-order chi connectivity index (χ1) is 14.9. The first kappa shape index (κ1) is 22.5. The molecule has 1 fully saturated rings.